The summed E-state index contributed by atoms with van der Waals surface area (Å²) in [4.78, 5) is 41.4. The maximum absolute atomic E-state index is 13.3. The smallest absolute Gasteiger partial charge is 0.255 e. The second kappa shape index (κ2) is 13.4. The topological polar surface area (TPSA) is 81.8 Å². The van der Waals surface area contributed by atoms with Crippen LogP contribution >= 0.6 is 0 Å². The summed E-state index contributed by atoms with van der Waals surface area (Å²) in [7, 11) is 0. The lowest BCUT2D eigenvalue weighted by Gasteiger charge is -2.30. The van der Waals surface area contributed by atoms with Crippen LogP contribution in [0.3, 0.4) is 0 Å². The Hall–Kier alpha value is -3.19. The molecule has 1 unspecified atom stereocenters. The van der Waals surface area contributed by atoms with Crippen molar-refractivity contribution in [3.8, 4) is 0 Å². The lowest BCUT2D eigenvalue weighted by molar-refractivity contribution is -0.136. The number of imide groups is 1. The number of hydrogen-bond donors (Lipinski definition) is 2. The van der Waals surface area contributed by atoms with Crippen LogP contribution < -0.4 is 15.5 Å². The van der Waals surface area contributed by atoms with E-state index in [9.17, 15) is 14.4 Å². The minimum atomic E-state index is -0.582. The zero-order chi connectivity index (χ0) is 26.0. The van der Waals surface area contributed by atoms with E-state index in [-0.39, 0.29) is 24.1 Å². The summed E-state index contributed by atoms with van der Waals surface area (Å²) in [6, 6.07) is 15.9. The molecule has 2 heterocycles. The fraction of sp³-hybridized carbons (Fsp3) is 0.500. The Balaban J connectivity index is 1.35. The van der Waals surface area contributed by atoms with Gasteiger partial charge in [-0.25, -0.2) is 0 Å². The zero-order valence-electron chi connectivity index (χ0n) is 22.0. The van der Waals surface area contributed by atoms with Gasteiger partial charge in [0.05, 0.1) is 0 Å². The van der Waals surface area contributed by atoms with Gasteiger partial charge in [0.15, 0.2) is 0 Å². The number of benzene rings is 2. The van der Waals surface area contributed by atoms with Crippen molar-refractivity contribution in [2.45, 2.75) is 70.9 Å². The molecule has 0 bridgehead atoms. The molecule has 198 valence electrons. The number of carbonyl (C=O) groups is 3. The molecule has 2 aromatic carbocycles. The molecular weight excluding hydrogens is 464 g/mol. The minimum absolute atomic E-state index is 0.109. The number of unbranched alkanes of at least 4 members (excludes halogenated alkanes) is 3. The van der Waals surface area contributed by atoms with Crippen LogP contribution in [0, 0.1) is 0 Å². The van der Waals surface area contributed by atoms with Gasteiger partial charge in [0, 0.05) is 42.9 Å². The molecule has 7 heteroatoms. The first-order valence-corrected chi connectivity index (χ1v) is 13.8. The molecule has 1 saturated heterocycles. The summed E-state index contributed by atoms with van der Waals surface area (Å²) >= 11 is 0. The summed E-state index contributed by atoms with van der Waals surface area (Å²) in [5.74, 6) is -0.733. The maximum Gasteiger partial charge on any atom is 0.255 e. The van der Waals surface area contributed by atoms with Gasteiger partial charge >= 0.3 is 0 Å². The van der Waals surface area contributed by atoms with Gasteiger partial charge in [-0.1, -0.05) is 56.2 Å². The first kappa shape index (κ1) is 26.9. The monoisotopic (exact) mass is 504 g/mol. The Kier molecular flexibility index (Phi) is 9.71. The van der Waals surface area contributed by atoms with Crippen LogP contribution in [0.2, 0.25) is 0 Å². The average Bonchev–Trinajstić information content (AvgIpc) is 3.24. The van der Waals surface area contributed by atoms with Crippen LogP contribution in [0.4, 0.5) is 5.69 Å². The van der Waals surface area contributed by atoms with Crippen molar-refractivity contribution < 1.29 is 14.4 Å². The van der Waals surface area contributed by atoms with Crippen molar-refractivity contribution in [3.63, 3.8) is 0 Å². The van der Waals surface area contributed by atoms with E-state index in [1.165, 1.54) is 12.0 Å². The van der Waals surface area contributed by atoms with Crippen molar-refractivity contribution in [1.29, 1.82) is 0 Å². The highest BCUT2D eigenvalue weighted by atomic mass is 16.2. The Bertz CT molecular complexity index is 1070. The summed E-state index contributed by atoms with van der Waals surface area (Å²) in [6.45, 7) is 6.49. The second-order valence-corrected chi connectivity index (χ2v) is 10.1. The number of carbonyl (C=O) groups excluding carboxylic acids is 3. The highest BCUT2D eigenvalue weighted by Crippen LogP contribution is 2.34. The Morgan fingerprint density at radius 1 is 0.946 bits per heavy atom. The van der Waals surface area contributed by atoms with Gasteiger partial charge in [0.1, 0.15) is 6.04 Å². The predicted octanol–water partition coefficient (Wildman–Crippen LogP) is 4.06. The van der Waals surface area contributed by atoms with Gasteiger partial charge in [-0.15, -0.1) is 0 Å². The van der Waals surface area contributed by atoms with Crippen LogP contribution in [-0.2, 0) is 22.6 Å². The number of anilines is 1. The normalized spacial score (nSPS) is 17.2. The van der Waals surface area contributed by atoms with E-state index >= 15 is 0 Å². The molecule has 1 atom stereocenters. The van der Waals surface area contributed by atoms with Crippen LogP contribution in [-0.4, -0.2) is 54.8 Å². The second-order valence-electron chi connectivity index (χ2n) is 10.1. The van der Waals surface area contributed by atoms with Crippen molar-refractivity contribution in [3.05, 3.63) is 65.2 Å². The number of rotatable bonds is 14. The molecule has 2 aliphatic rings. The number of piperidine rings is 1. The minimum Gasteiger partial charge on any atom is -0.371 e. The largest absolute Gasteiger partial charge is 0.371 e. The number of nitrogens with one attached hydrogen (secondary N) is 2. The van der Waals surface area contributed by atoms with E-state index in [1.807, 2.05) is 18.2 Å². The number of amides is 3. The Morgan fingerprint density at radius 2 is 1.73 bits per heavy atom. The molecule has 1 fully saturated rings. The third-order valence-corrected chi connectivity index (χ3v) is 7.39. The average molecular weight is 505 g/mol. The molecule has 2 aliphatic heterocycles. The first-order valence-electron chi connectivity index (χ1n) is 13.8. The lowest BCUT2D eigenvalue weighted by atomic mass is 10.0. The molecule has 0 aromatic heterocycles. The van der Waals surface area contributed by atoms with E-state index in [2.05, 4.69) is 52.8 Å². The van der Waals surface area contributed by atoms with Crippen LogP contribution in [0.25, 0.3) is 0 Å². The van der Waals surface area contributed by atoms with Crippen LogP contribution in [0.5, 0.6) is 0 Å². The molecular formula is C30H40N4O3. The molecule has 4 rings (SSSR count). The molecule has 2 N–H and O–H groups in total. The SMILES string of the molecule is CCCCCN(CCCCNCCc1ccccc1)c1cccc2c1CN(C1CCC(=O)NC1=O)C2=O. The third kappa shape index (κ3) is 6.98. The number of fused-ring (bicyclic) bond motifs is 1. The standard InChI is InChI=1S/C30H40N4O3/c1-2-3-8-20-33(21-9-7-18-31-19-17-23-11-5-4-6-12-23)26-14-10-13-24-25(26)22-34(30(24)37)27-15-16-28(35)32-29(27)36/h4-6,10-14,27,31H,2-3,7-9,15-22H2,1H3,(H,32,35,36). The Morgan fingerprint density at radius 3 is 2.49 bits per heavy atom. The molecule has 2 aromatic rings. The summed E-state index contributed by atoms with van der Waals surface area (Å²) < 4.78 is 0. The molecule has 0 saturated carbocycles. The van der Waals surface area contributed by atoms with E-state index in [4.69, 9.17) is 0 Å². The van der Waals surface area contributed by atoms with E-state index in [1.54, 1.807) is 4.90 Å². The quantitative estimate of drug-likeness (QED) is 0.300. The fourth-order valence-electron chi connectivity index (χ4n) is 5.33. The van der Waals surface area contributed by atoms with Crippen molar-refractivity contribution in [2.24, 2.45) is 0 Å². The predicted molar refractivity (Wildman–Crippen MR) is 146 cm³/mol. The third-order valence-electron chi connectivity index (χ3n) is 7.39. The summed E-state index contributed by atoms with van der Waals surface area (Å²) in [6.07, 6.45) is 7.30. The number of hydrogen-bond acceptors (Lipinski definition) is 5. The molecule has 0 aliphatic carbocycles. The van der Waals surface area contributed by atoms with Gasteiger partial charge in [-0.2, -0.15) is 0 Å². The van der Waals surface area contributed by atoms with Crippen molar-refractivity contribution >= 4 is 23.4 Å². The van der Waals surface area contributed by atoms with Crippen molar-refractivity contribution in [1.82, 2.24) is 15.5 Å². The van der Waals surface area contributed by atoms with E-state index in [0.29, 0.717) is 18.5 Å². The van der Waals surface area contributed by atoms with E-state index < -0.39 is 6.04 Å². The van der Waals surface area contributed by atoms with Gasteiger partial charge in [0.25, 0.3) is 5.91 Å². The molecule has 0 radical (unpaired) electrons. The molecule has 7 nitrogen and oxygen atoms in total. The highest BCUT2D eigenvalue weighted by Gasteiger charge is 2.40. The summed E-state index contributed by atoms with van der Waals surface area (Å²) in [5, 5.41) is 5.96. The molecule has 37 heavy (non-hydrogen) atoms. The van der Waals surface area contributed by atoms with Crippen molar-refractivity contribution in [2.75, 3.05) is 31.1 Å². The summed E-state index contributed by atoms with van der Waals surface area (Å²) in [5.41, 5.74) is 4.16. The molecule has 3 amide bonds. The lowest BCUT2D eigenvalue weighted by Crippen LogP contribution is -2.52. The maximum atomic E-state index is 13.3. The van der Waals surface area contributed by atoms with Gasteiger partial charge in [-0.05, 0) is 62.9 Å². The van der Waals surface area contributed by atoms with Gasteiger partial charge in [0.2, 0.25) is 11.8 Å². The van der Waals surface area contributed by atoms with Gasteiger partial charge < -0.3 is 15.1 Å². The molecule has 0 spiro atoms. The zero-order valence-corrected chi connectivity index (χ0v) is 22.0. The fourth-order valence-corrected chi connectivity index (χ4v) is 5.33. The van der Waals surface area contributed by atoms with Crippen LogP contribution in [0.1, 0.15) is 73.4 Å². The Labute approximate surface area is 220 Å². The van der Waals surface area contributed by atoms with E-state index in [0.717, 1.165) is 69.5 Å². The van der Waals surface area contributed by atoms with Crippen LogP contribution in [0.15, 0.2) is 48.5 Å². The highest BCUT2D eigenvalue weighted by molar-refractivity contribution is 6.06. The first-order chi connectivity index (χ1) is 18.1. The number of nitrogens with zero attached hydrogens (tertiary/aromatic N) is 2. The van der Waals surface area contributed by atoms with Gasteiger partial charge in [-0.3, -0.25) is 19.7 Å².